The van der Waals surface area contributed by atoms with Crippen molar-refractivity contribution in [3.8, 4) is 6.07 Å². The Morgan fingerprint density at radius 2 is 1.90 bits per heavy atom. The van der Waals surface area contributed by atoms with E-state index in [1.807, 2.05) is 58.0 Å². The molecule has 0 saturated heterocycles. The van der Waals surface area contributed by atoms with Gasteiger partial charge in [0.05, 0.1) is 16.5 Å². The van der Waals surface area contributed by atoms with Crippen molar-refractivity contribution in [3.05, 3.63) is 69.5 Å². The third kappa shape index (κ3) is 2.84. The number of carbonyl (C=O) groups excluding carboxylic acids is 1. The summed E-state index contributed by atoms with van der Waals surface area (Å²) in [6.07, 6.45) is -0.784. The minimum atomic E-state index is -2.84. The number of aryl methyl sites for hydroxylation is 1. The van der Waals surface area contributed by atoms with Gasteiger partial charge in [0.15, 0.2) is 5.78 Å². The highest BCUT2D eigenvalue weighted by atomic mass is 19.3. The van der Waals surface area contributed by atoms with Gasteiger partial charge < -0.3 is 5.32 Å². The van der Waals surface area contributed by atoms with Gasteiger partial charge in [-0.2, -0.15) is 5.26 Å². The van der Waals surface area contributed by atoms with E-state index in [4.69, 9.17) is 0 Å². The van der Waals surface area contributed by atoms with Crippen LogP contribution in [0.2, 0.25) is 0 Å². The molecule has 1 aromatic heterocycles. The largest absolute Gasteiger partial charge is 0.343 e. The number of nitrogens with one attached hydrogen (secondary N) is 1. The molecule has 1 aliphatic carbocycles. The van der Waals surface area contributed by atoms with E-state index in [-0.39, 0.29) is 16.8 Å². The highest BCUT2D eigenvalue weighted by Crippen LogP contribution is 2.54. The first-order chi connectivity index (χ1) is 14.1. The fourth-order valence-electron chi connectivity index (χ4n) is 5.07. The fourth-order valence-corrected chi connectivity index (χ4v) is 5.07. The van der Waals surface area contributed by atoms with Gasteiger partial charge in [0.2, 0.25) is 0 Å². The molecule has 4 rings (SSSR count). The van der Waals surface area contributed by atoms with Gasteiger partial charge in [-0.15, -0.1) is 0 Å². The summed E-state index contributed by atoms with van der Waals surface area (Å²) in [5, 5.41) is 13.1. The summed E-state index contributed by atoms with van der Waals surface area (Å²) in [6.45, 7) is 7.85. The SMILES string of the molecule is Cc1ccccc1C1(C)C2=C(CC(C)(C)CC2=O)Nc2ncc(C(F)F)c(C#N)c21. The average molecular weight is 407 g/mol. The lowest BCUT2D eigenvalue weighted by Gasteiger charge is -2.45. The van der Waals surface area contributed by atoms with Crippen molar-refractivity contribution in [1.82, 2.24) is 4.98 Å². The van der Waals surface area contributed by atoms with Gasteiger partial charge in [-0.05, 0) is 36.8 Å². The van der Waals surface area contributed by atoms with Crippen molar-refractivity contribution in [2.24, 2.45) is 5.41 Å². The minimum Gasteiger partial charge on any atom is -0.343 e. The van der Waals surface area contributed by atoms with Crippen LogP contribution in [-0.4, -0.2) is 10.8 Å². The average Bonchev–Trinajstić information content (AvgIpc) is 2.65. The first-order valence-electron chi connectivity index (χ1n) is 9.91. The van der Waals surface area contributed by atoms with Gasteiger partial charge >= 0.3 is 0 Å². The Morgan fingerprint density at radius 3 is 2.53 bits per heavy atom. The molecule has 0 radical (unpaired) electrons. The lowest BCUT2D eigenvalue weighted by atomic mass is 9.60. The van der Waals surface area contributed by atoms with Crippen LogP contribution in [0.15, 0.2) is 41.7 Å². The van der Waals surface area contributed by atoms with Crippen LogP contribution in [0.3, 0.4) is 0 Å². The predicted molar refractivity (Wildman–Crippen MR) is 110 cm³/mol. The lowest BCUT2D eigenvalue weighted by molar-refractivity contribution is -0.118. The van der Waals surface area contributed by atoms with Crippen LogP contribution < -0.4 is 5.32 Å². The number of aromatic nitrogens is 1. The first kappa shape index (κ1) is 20.2. The number of Topliss-reactive ketones (excluding diaryl/α,β-unsaturated/α-hetero) is 1. The molecule has 2 heterocycles. The van der Waals surface area contributed by atoms with Crippen molar-refractivity contribution >= 4 is 11.6 Å². The number of rotatable bonds is 2. The molecule has 6 heteroatoms. The number of ketones is 1. The Morgan fingerprint density at radius 1 is 1.20 bits per heavy atom. The maximum Gasteiger partial charge on any atom is 0.266 e. The van der Waals surface area contributed by atoms with E-state index in [9.17, 15) is 18.8 Å². The molecule has 1 atom stereocenters. The molecule has 1 N–H and O–H groups in total. The van der Waals surface area contributed by atoms with Gasteiger partial charge in [0.25, 0.3) is 6.43 Å². The number of hydrogen-bond donors (Lipinski definition) is 1. The number of benzene rings is 1. The minimum absolute atomic E-state index is 0.0310. The number of halogens is 2. The molecule has 1 aromatic carbocycles. The van der Waals surface area contributed by atoms with Crippen LogP contribution in [0.1, 0.15) is 67.9 Å². The van der Waals surface area contributed by atoms with Crippen LogP contribution >= 0.6 is 0 Å². The normalized spacial score (nSPS) is 22.3. The van der Waals surface area contributed by atoms with E-state index in [0.717, 1.165) is 23.0 Å². The monoisotopic (exact) mass is 407 g/mol. The highest BCUT2D eigenvalue weighted by molar-refractivity contribution is 6.03. The molecule has 0 bridgehead atoms. The number of alkyl halides is 2. The van der Waals surface area contributed by atoms with Crippen LogP contribution in [0.5, 0.6) is 0 Å². The number of nitriles is 1. The molecule has 0 saturated carbocycles. The third-order valence-electron chi connectivity index (χ3n) is 6.28. The maximum atomic E-state index is 13.7. The van der Waals surface area contributed by atoms with Crippen molar-refractivity contribution in [3.63, 3.8) is 0 Å². The Hall–Kier alpha value is -3.07. The zero-order valence-corrected chi connectivity index (χ0v) is 17.4. The molecule has 4 nitrogen and oxygen atoms in total. The van der Waals surface area contributed by atoms with Gasteiger partial charge in [-0.25, -0.2) is 13.8 Å². The number of hydrogen-bond acceptors (Lipinski definition) is 4. The van der Waals surface area contributed by atoms with E-state index in [1.165, 1.54) is 0 Å². The molecule has 2 aromatic rings. The summed E-state index contributed by atoms with van der Waals surface area (Å²) in [7, 11) is 0. The molecular formula is C24H23F2N3O. The zero-order valence-electron chi connectivity index (χ0n) is 17.4. The maximum absolute atomic E-state index is 13.7. The molecule has 1 unspecified atom stereocenters. The highest BCUT2D eigenvalue weighted by Gasteiger charge is 2.50. The quantitative estimate of drug-likeness (QED) is 0.706. The second-order valence-corrected chi connectivity index (χ2v) is 9.08. The number of allylic oxidation sites excluding steroid dienone is 2. The number of carbonyl (C=O) groups is 1. The van der Waals surface area contributed by atoms with Crippen molar-refractivity contribution in [2.75, 3.05) is 5.32 Å². The van der Waals surface area contributed by atoms with E-state index in [2.05, 4.69) is 10.3 Å². The molecule has 1 aliphatic heterocycles. The molecule has 154 valence electrons. The van der Waals surface area contributed by atoms with Crippen LogP contribution in [0.4, 0.5) is 14.6 Å². The Bertz CT molecular complexity index is 1140. The molecule has 0 spiro atoms. The number of pyridine rings is 1. The lowest BCUT2D eigenvalue weighted by Crippen LogP contribution is -2.43. The fraction of sp³-hybridized carbons (Fsp3) is 0.375. The van der Waals surface area contributed by atoms with E-state index in [1.54, 1.807) is 0 Å². The van der Waals surface area contributed by atoms with Gasteiger partial charge in [-0.3, -0.25) is 4.79 Å². The molecule has 0 amide bonds. The summed E-state index contributed by atoms with van der Waals surface area (Å²) in [5.41, 5.74) is 1.59. The summed E-state index contributed by atoms with van der Waals surface area (Å²) in [5.74, 6) is 0.336. The summed E-state index contributed by atoms with van der Waals surface area (Å²) >= 11 is 0. The van der Waals surface area contributed by atoms with Crippen molar-refractivity contribution in [1.29, 1.82) is 5.26 Å². The van der Waals surface area contributed by atoms with E-state index < -0.39 is 17.4 Å². The van der Waals surface area contributed by atoms with E-state index in [0.29, 0.717) is 29.8 Å². The summed E-state index contributed by atoms with van der Waals surface area (Å²) in [6, 6.07) is 9.57. The van der Waals surface area contributed by atoms with Crippen molar-refractivity contribution < 1.29 is 13.6 Å². The third-order valence-corrected chi connectivity index (χ3v) is 6.28. The Labute approximate surface area is 174 Å². The second kappa shape index (κ2) is 6.73. The standard InChI is InChI=1S/C24H23F2N3O/c1-13-7-5-6-8-16(13)24(4)19-14(11-27)15(21(25)26)12-28-22(19)29-17-9-23(2,3)10-18(30)20(17)24/h5-8,12,21H,9-10H2,1-4H3,(H,28,29). The van der Waals surface area contributed by atoms with Crippen LogP contribution in [0.25, 0.3) is 0 Å². The van der Waals surface area contributed by atoms with Gasteiger partial charge in [0, 0.05) is 29.5 Å². The van der Waals surface area contributed by atoms with Crippen molar-refractivity contribution in [2.45, 2.75) is 52.4 Å². The summed E-state index contributed by atoms with van der Waals surface area (Å²) in [4.78, 5) is 17.7. The van der Waals surface area contributed by atoms with Gasteiger partial charge in [0.1, 0.15) is 11.9 Å². The van der Waals surface area contributed by atoms with Crippen LogP contribution in [0, 0.1) is 23.7 Å². The number of fused-ring (bicyclic) bond motifs is 1. The first-order valence-corrected chi connectivity index (χ1v) is 9.91. The Kier molecular flexibility index (Phi) is 4.54. The van der Waals surface area contributed by atoms with Gasteiger partial charge in [-0.1, -0.05) is 38.1 Å². The predicted octanol–water partition coefficient (Wildman–Crippen LogP) is 5.57. The smallest absolute Gasteiger partial charge is 0.266 e. The molecule has 0 fully saturated rings. The Balaban J connectivity index is 2.13. The number of nitrogens with zero attached hydrogens (tertiary/aromatic N) is 2. The second-order valence-electron chi connectivity index (χ2n) is 9.08. The van der Waals surface area contributed by atoms with Crippen LogP contribution in [-0.2, 0) is 10.2 Å². The summed E-state index contributed by atoms with van der Waals surface area (Å²) < 4.78 is 27.5. The zero-order chi connectivity index (χ0) is 21.8. The van der Waals surface area contributed by atoms with E-state index >= 15 is 0 Å². The topological polar surface area (TPSA) is 65.8 Å². The molecule has 2 aliphatic rings. The molecule has 30 heavy (non-hydrogen) atoms. The number of anilines is 1. The molecular weight excluding hydrogens is 384 g/mol.